The standard InChI is InChI=1S/C55H96O7/c1-8-10-11-12-13-14-15-16-17-18-19-20-21-22-23-24-25-26-49(56)60-38-48-50(57)51(58)52(59)53(62-48)61-43-33-35-54(6)42(37-43)29-30-44-46-32-31-45(55(46,7)36-34-47(44)54)40(5)27-28-41(9-2)39(3)4/h29,40-41,43-48,50-53,57-59H,3,8-28,30-38H2,1-2,4-7H3/t40-,41+,43+,44+,45-,46+,47+,48-,50-,51+,52-,53-,54+,55-/m1/s1. The van der Waals surface area contributed by atoms with Crippen molar-refractivity contribution in [2.45, 2.75) is 265 Å². The van der Waals surface area contributed by atoms with Crippen molar-refractivity contribution < 1.29 is 34.3 Å². The first-order valence-corrected chi connectivity index (χ1v) is 26.7. The van der Waals surface area contributed by atoms with Gasteiger partial charge in [0.2, 0.25) is 0 Å². The molecule has 62 heavy (non-hydrogen) atoms. The maximum absolute atomic E-state index is 12.7. The zero-order valence-electron chi connectivity index (χ0n) is 40.9. The Morgan fingerprint density at radius 3 is 2.00 bits per heavy atom. The lowest BCUT2D eigenvalue weighted by atomic mass is 9.47. The van der Waals surface area contributed by atoms with E-state index in [2.05, 4.69) is 54.2 Å². The Balaban J connectivity index is 0.986. The van der Waals surface area contributed by atoms with Crippen LogP contribution in [0.4, 0.5) is 0 Å². The monoisotopic (exact) mass is 869 g/mol. The molecule has 4 aliphatic carbocycles. The van der Waals surface area contributed by atoms with Crippen molar-refractivity contribution in [1.29, 1.82) is 0 Å². The highest BCUT2D eigenvalue weighted by molar-refractivity contribution is 5.69. The van der Waals surface area contributed by atoms with Gasteiger partial charge in [0, 0.05) is 6.42 Å². The number of carbonyl (C=O) groups is 1. The molecule has 7 nitrogen and oxygen atoms in total. The second-order valence-electron chi connectivity index (χ2n) is 22.1. The molecule has 0 unspecified atom stereocenters. The Morgan fingerprint density at radius 1 is 0.790 bits per heavy atom. The van der Waals surface area contributed by atoms with E-state index in [4.69, 9.17) is 14.2 Å². The van der Waals surface area contributed by atoms with Crippen LogP contribution in [0.25, 0.3) is 0 Å². The van der Waals surface area contributed by atoms with Crippen molar-refractivity contribution in [3.05, 3.63) is 23.8 Å². The molecule has 0 bridgehead atoms. The van der Waals surface area contributed by atoms with E-state index in [0.29, 0.717) is 23.7 Å². The van der Waals surface area contributed by atoms with E-state index in [1.807, 2.05) is 0 Å². The van der Waals surface area contributed by atoms with Gasteiger partial charge in [0.1, 0.15) is 31.0 Å². The van der Waals surface area contributed by atoms with Crippen LogP contribution in [0.15, 0.2) is 23.8 Å². The molecule has 0 spiro atoms. The summed E-state index contributed by atoms with van der Waals surface area (Å²) in [7, 11) is 0. The zero-order chi connectivity index (χ0) is 44.7. The molecule has 0 amide bonds. The average molecular weight is 869 g/mol. The molecule has 4 fully saturated rings. The largest absolute Gasteiger partial charge is 0.463 e. The number of rotatable bonds is 28. The van der Waals surface area contributed by atoms with Crippen LogP contribution >= 0.6 is 0 Å². The van der Waals surface area contributed by atoms with Crippen molar-refractivity contribution in [3.63, 3.8) is 0 Å². The summed E-state index contributed by atoms with van der Waals surface area (Å²) in [6.07, 6.45) is 31.5. The van der Waals surface area contributed by atoms with Crippen LogP contribution in [0.1, 0.15) is 228 Å². The van der Waals surface area contributed by atoms with Gasteiger partial charge in [0.05, 0.1) is 6.10 Å². The molecular formula is C55H96O7. The summed E-state index contributed by atoms with van der Waals surface area (Å²) in [6, 6.07) is 0. The number of esters is 1. The third-order valence-corrected chi connectivity index (χ3v) is 17.9. The van der Waals surface area contributed by atoms with E-state index in [1.165, 1.54) is 146 Å². The Hall–Kier alpha value is -1.25. The third kappa shape index (κ3) is 13.7. The lowest BCUT2D eigenvalue weighted by molar-refractivity contribution is -0.313. The molecule has 5 rings (SSSR count). The molecule has 1 aliphatic heterocycles. The summed E-state index contributed by atoms with van der Waals surface area (Å²) >= 11 is 0. The van der Waals surface area contributed by atoms with Crippen molar-refractivity contribution in [2.24, 2.45) is 46.3 Å². The predicted molar refractivity (Wildman–Crippen MR) is 253 cm³/mol. The van der Waals surface area contributed by atoms with E-state index in [0.717, 1.165) is 68.6 Å². The van der Waals surface area contributed by atoms with Gasteiger partial charge in [-0.15, -0.1) is 0 Å². The van der Waals surface area contributed by atoms with E-state index < -0.39 is 30.7 Å². The number of allylic oxidation sites excluding steroid dienone is 2. The first-order valence-electron chi connectivity index (χ1n) is 26.7. The van der Waals surface area contributed by atoms with Crippen LogP contribution < -0.4 is 0 Å². The quantitative estimate of drug-likeness (QED) is 0.0408. The summed E-state index contributed by atoms with van der Waals surface area (Å²) < 4.78 is 18.1. The second-order valence-corrected chi connectivity index (χ2v) is 22.1. The molecular weight excluding hydrogens is 773 g/mol. The molecule has 358 valence electrons. The van der Waals surface area contributed by atoms with Crippen LogP contribution in [0, 0.1) is 46.3 Å². The first kappa shape index (κ1) is 51.7. The van der Waals surface area contributed by atoms with E-state index in [1.54, 1.807) is 0 Å². The lowest BCUT2D eigenvalue weighted by Crippen LogP contribution is -2.60. The fourth-order valence-corrected chi connectivity index (χ4v) is 13.8. The molecule has 7 heteroatoms. The molecule has 1 heterocycles. The first-order chi connectivity index (χ1) is 29.8. The number of carbonyl (C=O) groups excluding carboxylic acids is 1. The highest BCUT2D eigenvalue weighted by atomic mass is 16.7. The van der Waals surface area contributed by atoms with Gasteiger partial charge in [-0.1, -0.05) is 161 Å². The Labute approximate surface area is 380 Å². The summed E-state index contributed by atoms with van der Waals surface area (Å²) in [5.74, 6) is 4.15. The van der Waals surface area contributed by atoms with Gasteiger partial charge in [-0.2, -0.15) is 0 Å². The number of aliphatic hydroxyl groups excluding tert-OH is 3. The molecule has 14 atom stereocenters. The number of fused-ring (bicyclic) bond motifs is 5. The maximum Gasteiger partial charge on any atom is 0.305 e. The van der Waals surface area contributed by atoms with E-state index >= 15 is 0 Å². The Bertz CT molecular complexity index is 1360. The number of ether oxygens (including phenoxy) is 3. The summed E-state index contributed by atoms with van der Waals surface area (Å²) in [4.78, 5) is 12.7. The Morgan fingerprint density at radius 2 is 1.40 bits per heavy atom. The number of aliphatic hydroxyl groups is 3. The van der Waals surface area contributed by atoms with Gasteiger partial charge in [-0.25, -0.2) is 0 Å². The van der Waals surface area contributed by atoms with Gasteiger partial charge >= 0.3 is 5.97 Å². The minimum absolute atomic E-state index is 0.146. The molecule has 5 aliphatic rings. The summed E-state index contributed by atoms with van der Waals surface area (Å²) in [5, 5.41) is 32.6. The summed E-state index contributed by atoms with van der Waals surface area (Å²) in [6.45, 7) is 18.6. The van der Waals surface area contributed by atoms with Gasteiger partial charge in [-0.3, -0.25) is 4.79 Å². The fraction of sp³-hybridized carbons (Fsp3) is 0.909. The molecule has 0 aromatic rings. The molecule has 0 radical (unpaired) electrons. The van der Waals surface area contributed by atoms with Crippen LogP contribution in [-0.4, -0.2) is 64.7 Å². The SMILES string of the molecule is C=C(C)[C@@H](CC)CC[C@@H](C)[C@H]1CC[C@H]2[C@@H]3CC=C4C[C@@H](O[C@@H]5O[C@H](COC(=O)CCCCCCCCCCCCCCCCCCC)[C@@H](O)[C@H](O)[C@H]5O)CC[C@]4(C)[C@H]3CC[C@]12C. The molecule has 0 aromatic heterocycles. The lowest BCUT2D eigenvalue weighted by Gasteiger charge is -2.58. The average Bonchev–Trinajstić information content (AvgIpc) is 3.62. The number of hydrogen-bond donors (Lipinski definition) is 3. The molecule has 1 saturated heterocycles. The normalized spacial score (nSPS) is 35.3. The van der Waals surface area contributed by atoms with Gasteiger partial charge < -0.3 is 29.5 Å². The second kappa shape index (κ2) is 25.6. The van der Waals surface area contributed by atoms with E-state index in [-0.39, 0.29) is 24.1 Å². The molecule has 3 N–H and O–H groups in total. The molecule has 3 saturated carbocycles. The third-order valence-electron chi connectivity index (χ3n) is 17.9. The van der Waals surface area contributed by atoms with Gasteiger partial charge in [0.15, 0.2) is 6.29 Å². The molecule has 0 aromatic carbocycles. The van der Waals surface area contributed by atoms with Crippen molar-refractivity contribution in [1.82, 2.24) is 0 Å². The predicted octanol–water partition coefficient (Wildman–Crippen LogP) is 13.4. The number of unbranched alkanes of at least 4 members (excludes halogenated alkanes) is 16. The highest BCUT2D eigenvalue weighted by Gasteiger charge is 2.59. The topological polar surface area (TPSA) is 105 Å². The fourth-order valence-electron chi connectivity index (χ4n) is 13.8. The number of hydrogen-bond acceptors (Lipinski definition) is 7. The zero-order valence-corrected chi connectivity index (χ0v) is 40.9. The van der Waals surface area contributed by atoms with Crippen LogP contribution in [-0.2, 0) is 19.0 Å². The van der Waals surface area contributed by atoms with Crippen molar-refractivity contribution >= 4 is 5.97 Å². The minimum Gasteiger partial charge on any atom is -0.463 e. The Kier molecular flexibility index (Phi) is 21.4. The minimum atomic E-state index is -1.44. The van der Waals surface area contributed by atoms with Crippen molar-refractivity contribution in [2.75, 3.05) is 6.61 Å². The smallest absolute Gasteiger partial charge is 0.305 e. The van der Waals surface area contributed by atoms with Crippen LogP contribution in [0.3, 0.4) is 0 Å². The van der Waals surface area contributed by atoms with Gasteiger partial charge in [0.25, 0.3) is 0 Å². The van der Waals surface area contributed by atoms with Crippen LogP contribution in [0.5, 0.6) is 0 Å². The summed E-state index contributed by atoms with van der Waals surface area (Å²) in [5.41, 5.74) is 3.44. The highest BCUT2D eigenvalue weighted by Crippen LogP contribution is 2.67. The van der Waals surface area contributed by atoms with Crippen molar-refractivity contribution in [3.8, 4) is 0 Å². The van der Waals surface area contributed by atoms with E-state index in [9.17, 15) is 20.1 Å². The van der Waals surface area contributed by atoms with Crippen LogP contribution in [0.2, 0.25) is 0 Å². The maximum atomic E-state index is 12.7. The van der Waals surface area contributed by atoms with Gasteiger partial charge in [-0.05, 0) is 130 Å².